The first-order valence-corrected chi connectivity index (χ1v) is 10.00. The third-order valence-corrected chi connectivity index (χ3v) is 5.13. The van der Waals surface area contributed by atoms with E-state index in [2.05, 4.69) is 58.4 Å². The van der Waals surface area contributed by atoms with Gasteiger partial charge < -0.3 is 9.64 Å². The smallest absolute Gasteiger partial charge is 0.173 e. The van der Waals surface area contributed by atoms with Gasteiger partial charge in [0.25, 0.3) is 0 Å². The zero-order chi connectivity index (χ0) is 19.2. The number of hydrogen-bond acceptors (Lipinski definition) is 6. The average molecular weight is 373 g/mol. The van der Waals surface area contributed by atoms with Crippen molar-refractivity contribution < 1.29 is 4.74 Å². The first-order valence-electron chi connectivity index (χ1n) is 10.00. The Morgan fingerprint density at radius 2 is 1.78 bits per heavy atom. The fraction of sp³-hybridized carbons (Fsp3) is 0.650. The number of benzene rings is 1. The number of piperazine rings is 1. The molecule has 7 nitrogen and oxygen atoms in total. The summed E-state index contributed by atoms with van der Waals surface area (Å²) >= 11 is 0. The molecule has 148 valence electrons. The summed E-state index contributed by atoms with van der Waals surface area (Å²) in [5, 5.41) is 12.7. The van der Waals surface area contributed by atoms with Gasteiger partial charge in [-0.05, 0) is 54.4 Å². The van der Waals surface area contributed by atoms with Crippen molar-refractivity contribution in [1.82, 2.24) is 30.0 Å². The zero-order valence-corrected chi connectivity index (χ0v) is 17.0. The molecule has 2 aromatic rings. The maximum absolute atomic E-state index is 5.61. The van der Waals surface area contributed by atoms with Crippen LogP contribution in [0.25, 0.3) is 0 Å². The van der Waals surface area contributed by atoms with Crippen LogP contribution in [-0.4, -0.2) is 69.8 Å². The predicted octanol–water partition coefficient (Wildman–Crippen LogP) is 2.45. The third kappa shape index (κ3) is 5.05. The van der Waals surface area contributed by atoms with Gasteiger partial charge in [0.2, 0.25) is 0 Å². The van der Waals surface area contributed by atoms with E-state index in [0.29, 0.717) is 12.5 Å². The van der Waals surface area contributed by atoms with Crippen molar-refractivity contribution in [3.8, 4) is 5.75 Å². The predicted molar refractivity (Wildman–Crippen MR) is 106 cm³/mol. The van der Waals surface area contributed by atoms with E-state index in [1.165, 1.54) is 5.56 Å². The highest BCUT2D eigenvalue weighted by Crippen LogP contribution is 2.29. The van der Waals surface area contributed by atoms with Gasteiger partial charge in [-0.15, -0.1) is 5.10 Å². The van der Waals surface area contributed by atoms with Crippen LogP contribution in [0.2, 0.25) is 0 Å². The minimum Gasteiger partial charge on any atom is -0.494 e. The number of tetrazole rings is 1. The van der Waals surface area contributed by atoms with Gasteiger partial charge in [0.1, 0.15) is 5.75 Å². The van der Waals surface area contributed by atoms with Crippen molar-refractivity contribution >= 4 is 0 Å². The van der Waals surface area contributed by atoms with Gasteiger partial charge in [-0.1, -0.05) is 26.0 Å². The van der Waals surface area contributed by atoms with E-state index in [0.717, 1.165) is 50.7 Å². The summed E-state index contributed by atoms with van der Waals surface area (Å²) in [6.07, 6.45) is 1.07. The summed E-state index contributed by atoms with van der Waals surface area (Å²) in [6, 6.07) is 8.45. The number of nitrogens with zero attached hydrogens (tertiary/aromatic N) is 6. The molecule has 0 aliphatic carbocycles. The summed E-state index contributed by atoms with van der Waals surface area (Å²) < 4.78 is 7.60. The lowest BCUT2D eigenvalue weighted by atomic mass is 10.0. The summed E-state index contributed by atoms with van der Waals surface area (Å²) in [4.78, 5) is 4.86. The molecule has 27 heavy (non-hydrogen) atoms. The number of rotatable bonds is 8. The van der Waals surface area contributed by atoms with Gasteiger partial charge in [0.05, 0.1) is 12.6 Å². The van der Waals surface area contributed by atoms with Crippen LogP contribution in [0.3, 0.4) is 0 Å². The van der Waals surface area contributed by atoms with Gasteiger partial charge in [0.15, 0.2) is 5.82 Å². The topological polar surface area (TPSA) is 59.3 Å². The molecule has 1 saturated heterocycles. The van der Waals surface area contributed by atoms with E-state index < -0.39 is 0 Å². The van der Waals surface area contributed by atoms with Crippen LogP contribution in [0.15, 0.2) is 24.3 Å². The third-order valence-electron chi connectivity index (χ3n) is 5.13. The molecule has 7 heteroatoms. The Balaban J connectivity index is 1.89. The number of aromatic nitrogens is 4. The second kappa shape index (κ2) is 9.28. The Hall–Kier alpha value is -1.99. The van der Waals surface area contributed by atoms with Gasteiger partial charge in [-0.3, -0.25) is 4.90 Å². The Kier molecular flexibility index (Phi) is 6.79. The van der Waals surface area contributed by atoms with Crippen LogP contribution in [0.4, 0.5) is 0 Å². The highest BCUT2D eigenvalue weighted by Gasteiger charge is 2.29. The largest absolute Gasteiger partial charge is 0.494 e. The lowest BCUT2D eigenvalue weighted by Gasteiger charge is -2.37. The molecule has 1 fully saturated rings. The van der Waals surface area contributed by atoms with Crippen molar-refractivity contribution in [2.24, 2.45) is 5.92 Å². The van der Waals surface area contributed by atoms with Crippen molar-refractivity contribution in [3.63, 3.8) is 0 Å². The fourth-order valence-electron chi connectivity index (χ4n) is 3.46. The minimum absolute atomic E-state index is 0.0662. The Labute approximate surface area is 162 Å². The molecular weight excluding hydrogens is 340 g/mol. The molecule has 1 aromatic carbocycles. The number of hydrogen-bond donors (Lipinski definition) is 0. The van der Waals surface area contributed by atoms with E-state index in [1.807, 2.05) is 23.7 Å². The Bertz CT molecular complexity index is 691. The number of ether oxygens (including phenoxy) is 1. The molecule has 0 N–H and O–H groups in total. The Morgan fingerprint density at radius 1 is 1.07 bits per heavy atom. The number of likely N-dealkylation sites (N-methyl/N-ethyl adjacent to an activating group) is 1. The zero-order valence-electron chi connectivity index (χ0n) is 17.0. The second-order valence-corrected chi connectivity index (χ2v) is 7.69. The van der Waals surface area contributed by atoms with Crippen LogP contribution in [0, 0.1) is 5.92 Å². The summed E-state index contributed by atoms with van der Waals surface area (Å²) in [5.41, 5.74) is 1.21. The monoisotopic (exact) mass is 372 g/mol. The summed E-state index contributed by atoms with van der Waals surface area (Å²) in [5.74, 6) is 2.46. The van der Waals surface area contributed by atoms with Crippen LogP contribution >= 0.6 is 0 Å². The van der Waals surface area contributed by atoms with E-state index in [9.17, 15) is 0 Å². The second-order valence-electron chi connectivity index (χ2n) is 7.69. The van der Waals surface area contributed by atoms with Gasteiger partial charge in [-0.2, -0.15) is 0 Å². The average Bonchev–Trinajstić information content (AvgIpc) is 3.11. The van der Waals surface area contributed by atoms with E-state index in [4.69, 9.17) is 4.74 Å². The van der Waals surface area contributed by atoms with E-state index >= 15 is 0 Å². The van der Waals surface area contributed by atoms with Crippen molar-refractivity contribution in [2.75, 3.05) is 39.8 Å². The normalized spacial score (nSPS) is 17.4. The molecule has 1 aliphatic rings. The molecule has 1 atom stereocenters. The van der Waals surface area contributed by atoms with Crippen molar-refractivity contribution in [3.05, 3.63) is 35.7 Å². The lowest BCUT2D eigenvalue weighted by molar-refractivity contribution is 0.121. The molecule has 1 aromatic heterocycles. The van der Waals surface area contributed by atoms with Crippen LogP contribution in [0.1, 0.15) is 44.6 Å². The maximum atomic E-state index is 5.61. The maximum Gasteiger partial charge on any atom is 0.173 e. The van der Waals surface area contributed by atoms with Crippen molar-refractivity contribution in [1.29, 1.82) is 0 Å². The Morgan fingerprint density at radius 3 is 2.41 bits per heavy atom. The molecule has 0 unspecified atom stereocenters. The molecule has 0 amide bonds. The molecule has 3 rings (SSSR count). The first kappa shape index (κ1) is 19.8. The SMILES string of the molecule is CCOc1ccc([C@H](c2nnnn2CCC(C)C)N2CCN(C)CC2)cc1. The van der Waals surface area contributed by atoms with Gasteiger partial charge >= 0.3 is 0 Å². The molecule has 1 aliphatic heterocycles. The quantitative estimate of drug-likeness (QED) is 0.709. The van der Waals surface area contributed by atoms with Crippen LogP contribution < -0.4 is 4.74 Å². The van der Waals surface area contributed by atoms with Gasteiger partial charge in [-0.25, -0.2) is 4.68 Å². The summed E-state index contributed by atoms with van der Waals surface area (Å²) in [7, 11) is 2.18. The summed E-state index contributed by atoms with van der Waals surface area (Å²) in [6.45, 7) is 12.1. The lowest BCUT2D eigenvalue weighted by Crippen LogP contribution is -2.46. The van der Waals surface area contributed by atoms with Gasteiger partial charge in [0, 0.05) is 32.7 Å². The van der Waals surface area contributed by atoms with Crippen molar-refractivity contribution in [2.45, 2.75) is 39.8 Å². The van der Waals surface area contributed by atoms with Crippen LogP contribution in [-0.2, 0) is 6.54 Å². The molecule has 0 spiro atoms. The molecule has 2 heterocycles. The standard InChI is InChI=1S/C20H32N6O/c1-5-27-18-8-6-17(7-9-18)19(25-14-12-24(4)13-15-25)20-21-22-23-26(20)11-10-16(2)3/h6-9,16,19H,5,10-15H2,1-4H3/t19-/m1/s1. The molecular formula is C20H32N6O. The van der Waals surface area contributed by atoms with Crippen LogP contribution in [0.5, 0.6) is 5.75 Å². The highest BCUT2D eigenvalue weighted by molar-refractivity contribution is 5.32. The number of aryl methyl sites for hydroxylation is 1. The minimum atomic E-state index is 0.0662. The first-order chi connectivity index (χ1) is 13.1. The van der Waals surface area contributed by atoms with E-state index in [1.54, 1.807) is 0 Å². The van der Waals surface area contributed by atoms with E-state index in [-0.39, 0.29) is 6.04 Å². The molecule has 0 radical (unpaired) electrons. The molecule has 0 saturated carbocycles. The molecule has 0 bridgehead atoms. The highest BCUT2D eigenvalue weighted by atomic mass is 16.5. The fourth-order valence-corrected chi connectivity index (χ4v) is 3.46.